The number of rotatable bonds is 3. The fraction of sp³-hybridized carbons (Fsp3) is 0.125. The minimum atomic E-state index is -1.36. The molecule has 1 aromatic rings. The van der Waals surface area contributed by atoms with Crippen molar-refractivity contribution in [1.82, 2.24) is 0 Å². The van der Waals surface area contributed by atoms with Gasteiger partial charge in [-0.25, -0.2) is 4.79 Å². The largest absolute Gasteiger partial charge is 0.495 e. The number of ether oxygens (including phenoxy) is 1. The van der Waals surface area contributed by atoms with E-state index in [-0.39, 0.29) is 11.3 Å². The highest BCUT2D eigenvalue weighted by atomic mass is 79.9. The molecule has 0 saturated heterocycles. The van der Waals surface area contributed by atoms with Crippen LogP contribution in [-0.2, 0) is 0 Å². The van der Waals surface area contributed by atoms with E-state index >= 15 is 0 Å². The number of nitrogens with zero attached hydrogens (tertiary/aromatic N) is 1. The first-order valence-electron chi connectivity index (χ1n) is 3.72. The van der Waals surface area contributed by atoms with Gasteiger partial charge in [-0.15, -0.1) is 0 Å². The Morgan fingerprint density at radius 2 is 2.20 bits per heavy atom. The Hall–Kier alpha value is -1.63. The third-order valence-corrected chi connectivity index (χ3v) is 2.32. The summed E-state index contributed by atoms with van der Waals surface area (Å²) >= 11 is 3.05. The van der Waals surface area contributed by atoms with Crippen LogP contribution in [0.15, 0.2) is 16.6 Å². The van der Waals surface area contributed by atoms with E-state index in [1.54, 1.807) is 0 Å². The van der Waals surface area contributed by atoms with Crippen LogP contribution in [0.2, 0.25) is 0 Å². The van der Waals surface area contributed by atoms with Gasteiger partial charge in [0, 0.05) is 0 Å². The molecular formula is C8H6BrNO5. The summed E-state index contributed by atoms with van der Waals surface area (Å²) in [6.45, 7) is 0. The van der Waals surface area contributed by atoms with Crippen molar-refractivity contribution < 1.29 is 19.6 Å². The first kappa shape index (κ1) is 11.4. The van der Waals surface area contributed by atoms with Crippen LogP contribution in [0, 0.1) is 10.1 Å². The number of carboxylic acid groups (broad SMARTS) is 1. The van der Waals surface area contributed by atoms with Gasteiger partial charge in [0.25, 0.3) is 5.69 Å². The van der Waals surface area contributed by atoms with Crippen molar-refractivity contribution in [3.8, 4) is 5.75 Å². The molecule has 0 atom stereocenters. The summed E-state index contributed by atoms with van der Waals surface area (Å²) < 4.78 is 5.18. The van der Waals surface area contributed by atoms with Gasteiger partial charge in [-0.2, -0.15) is 0 Å². The molecule has 0 amide bonds. The van der Waals surface area contributed by atoms with Gasteiger partial charge in [-0.05, 0) is 22.0 Å². The Kier molecular flexibility index (Phi) is 3.25. The number of hydrogen-bond donors (Lipinski definition) is 1. The Balaban J connectivity index is 3.45. The van der Waals surface area contributed by atoms with Crippen LogP contribution < -0.4 is 4.74 Å². The van der Waals surface area contributed by atoms with E-state index in [0.717, 1.165) is 12.1 Å². The van der Waals surface area contributed by atoms with Crippen LogP contribution in [0.3, 0.4) is 0 Å². The summed E-state index contributed by atoms with van der Waals surface area (Å²) in [5, 5.41) is 19.3. The van der Waals surface area contributed by atoms with E-state index in [1.807, 2.05) is 0 Å². The SMILES string of the molecule is COc1cc([N+](=O)[O-])c(C(=O)O)cc1Br. The molecular weight excluding hydrogens is 270 g/mol. The lowest BCUT2D eigenvalue weighted by Crippen LogP contribution is -2.03. The molecule has 0 radical (unpaired) electrons. The maximum atomic E-state index is 10.7. The van der Waals surface area contributed by atoms with Crippen molar-refractivity contribution >= 4 is 27.6 Å². The van der Waals surface area contributed by atoms with Gasteiger partial charge in [0.15, 0.2) is 0 Å². The molecule has 0 aliphatic carbocycles. The fourth-order valence-electron chi connectivity index (χ4n) is 1.02. The van der Waals surface area contributed by atoms with Gasteiger partial charge in [0.1, 0.15) is 11.3 Å². The van der Waals surface area contributed by atoms with Crippen molar-refractivity contribution in [2.24, 2.45) is 0 Å². The minimum Gasteiger partial charge on any atom is -0.495 e. The van der Waals surface area contributed by atoms with E-state index in [9.17, 15) is 14.9 Å². The number of methoxy groups -OCH3 is 1. The molecule has 7 heteroatoms. The van der Waals surface area contributed by atoms with Gasteiger partial charge >= 0.3 is 5.97 Å². The van der Waals surface area contributed by atoms with Crippen LogP contribution in [0.25, 0.3) is 0 Å². The quantitative estimate of drug-likeness (QED) is 0.674. The van der Waals surface area contributed by atoms with Gasteiger partial charge in [-0.3, -0.25) is 10.1 Å². The second-order valence-corrected chi connectivity index (χ2v) is 3.42. The van der Waals surface area contributed by atoms with E-state index < -0.39 is 16.6 Å². The van der Waals surface area contributed by atoms with E-state index in [1.165, 1.54) is 7.11 Å². The smallest absolute Gasteiger partial charge is 0.342 e. The average Bonchev–Trinajstić information content (AvgIpc) is 2.16. The molecule has 0 aliphatic heterocycles. The topological polar surface area (TPSA) is 89.7 Å². The number of benzene rings is 1. The first-order chi connectivity index (χ1) is 6.97. The average molecular weight is 276 g/mol. The molecule has 6 nitrogen and oxygen atoms in total. The number of halogens is 1. The molecule has 0 aromatic heterocycles. The van der Waals surface area contributed by atoms with Gasteiger partial charge < -0.3 is 9.84 Å². The maximum absolute atomic E-state index is 10.7. The minimum absolute atomic E-state index is 0.215. The molecule has 0 saturated carbocycles. The summed E-state index contributed by atoms with van der Waals surface area (Å²) in [7, 11) is 1.34. The molecule has 0 bridgehead atoms. The van der Waals surface area contributed by atoms with Crippen molar-refractivity contribution in [1.29, 1.82) is 0 Å². The van der Waals surface area contributed by atoms with Crippen LogP contribution in [0.4, 0.5) is 5.69 Å². The normalized spacial score (nSPS) is 9.73. The third kappa shape index (κ3) is 2.24. The number of carbonyl (C=O) groups is 1. The van der Waals surface area contributed by atoms with Gasteiger partial charge in [-0.1, -0.05) is 0 Å². The molecule has 1 aromatic carbocycles. The number of nitro groups is 1. The van der Waals surface area contributed by atoms with Gasteiger partial charge in [0.2, 0.25) is 0 Å². The van der Waals surface area contributed by atoms with Crippen molar-refractivity contribution in [2.75, 3.05) is 7.11 Å². The van der Waals surface area contributed by atoms with E-state index in [0.29, 0.717) is 4.47 Å². The van der Waals surface area contributed by atoms with Crippen molar-refractivity contribution in [3.63, 3.8) is 0 Å². The highest BCUT2D eigenvalue weighted by Crippen LogP contribution is 2.32. The maximum Gasteiger partial charge on any atom is 0.342 e. The zero-order valence-corrected chi connectivity index (χ0v) is 9.15. The molecule has 0 aliphatic rings. The molecule has 0 spiro atoms. The summed E-state index contributed by atoms with van der Waals surface area (Å²) in [6.07, 6.45) is 0. The summed E-state index contributed by atoms with van der Waals surface area (Å²) in [5.41, 5.74) is -0.879. The summed E-state index contributed by atoms with van der Waals surface area (Å²) in [4.78, 5) is 20.5. The Morgan fingerprint density at radius 3 is 2.60 bits per heavy atom. The zero-order chi connectivity index (χ0) is 11.6. The Bertz CT molecular complexity index is 431. The van der Waals surface area contributed by atoms with Gasteiger partial charge in [0.05, 0.1) is 22.6 Å². The third-order valence-electron chi connectivity index (χ3n) is 1.70. The second kappa shape index (κ2) is 4.26. The Morgan fingerprint density at radius 1 is 1.60 bits per heavy atom. The molecule has 0 heterocycles. The summed E-state index contributed by atoms with van der Waals surface area (Å²) in [5.74, 6) is -1.14. The molecule has 0 unspecified atom stereocenters. The van der Waals surface area contributed by atoms with Crippen LogP contribution >= 0.6 is 15.9 Å². The van der Waals surface area contributed by atoms with E-state index in [2.05, 4.69) is 15.9 Å². The van der Waals surface area contributed by atoms with Crippen molar-refractivity contribution in [2.45, 2.75) is 0 Å². The lowest BCUT2D eigenvalue weighted by molar-refractivity contribution is -0.385. The molecule has 1 rings (SSSR count). The van der Waals surface area contributed by atoms with E-state index in [4.69, 9.17) is 9.84 Å². The lowest BCUT2D eigenvalue weighted by atomic mass is 10.2. The number of carboxylic acids is 1. The molecule has 1 N–H and O–H groups in total. The predicted octanol–water partition coefficient (Wildman–Crippen LogP) is 2.06. The van der Waals surface area contributed by atoms with Crippen LogP contribution in [0.1, 0.15) is 10.4 Å². The van der Waals surface area contributed by atoms with Crippen LogP contribution in [-0.4, -0.2) is 23.1 Å². The standard InChI is InChI=1S/C8H6BrNO5/c1-15-7-3-6(10(13)14)4(8(11)12)2-5(7)9/h2-3H,1H3,(H,11,12). The van der Waals surface area contributed by atoms with Crippen LogP contribution in [0.5, 0.6) is 5.75 Å². The first-order valence-corrected chi connectivity index (χ1v) is 4.52. The number of nitro benzene ring substituents is 1. The zero-order valence-electron chi connectivity index (χ0n) is 7.56. The van der Waals surface area contributed by atoms with Crippen molar-refractivity contribution in [3.05, 3.63) is 32.3 Å². The number of hydrogen-bond acceptors (Lipinski definition) is 4. The second-order valence-electron chi connectivity index (χ2n) is 2.57. The summed E-state index contributed by atoms with van der Waals surface area (Å²) in [6, 6.07) is 2.20. The molecule has 15 heavy (non-hydrogen) atoms. The number of aromatic carboxylic acids is 1. The highest BCUT2D eigenvalue weighted by Gasteiger charge is 2.22. The molecule has 0 fully saturated rings. The fourth-order valence-corrected chi connectivity index (χ4v) is 1.53. The lowest BCUT2D eigenvalue weighted by Gasteiger charge is -2.04. The monoisotopic (exact) mass is 275 g/mol. The molecule has 80 valence electrons. The Labute approximate surface area is 92.8 Å². The highest BCUT2D eigenvalue weighted by molar-refractivity contribution is 9.10. The predicted molar refractivity (Wildman–Crippen MR) is 54.3 cm³/mol.